The molecular weight excluding hydrogens is 210 g/mol. The van der Waals surface area contributed by atoms with Crippen LogP contribution in [-0.2, 0) is 16.4 Å². The Kier molecular flexibility index (Phi) is 3.88. The van der Waals surface area contributed by atoms with E-state index < -0.39 is 10.0 Å². The number of rotatable bonds is 4. The van der Waals surface area contributed by atoms with Crippen LogP contribution in [0.15, 0.2) is 24.3 Å². The van der Waals surface area contributed by atoms with E-state index in [0.29, 0.717) is 0 Å². The van der Waals surface area contributed by atoms with Crippen LogP contribution in [0.5, 0.6) is 0 Å². The maximum Gasteiger partial charge on any atom is 0.209 e. The molecule has 1 aromatic rings. The van der Waals surface area contributed by atoms with Crippen LogP contribution in [0, 0.1) is 0 Å². The van der Waals surface area contributed by atoms with E-state index in [9.17, 15) is 8.42 Å². The van der Waals surface area contributed by atoms with Gasteiger partial charge in [0.2, 0.25) is 10.0 Å². The summed E-state index contributed by atoms with van der Waals surface area (Å²) in [6.07, 6.45) is 2.16. The van der Waals surface area contributed by atoms with E-state index in [-0.39, 0.29) is 6.04 Å². The molecule has 0 saturated heterocycles. The van der Waals surface area contributed by atoms with Crippen molar-refractivity contribution in [2.75, 3.05) is 6.26 Å². The quantitative estimate of drug-likeness (QED) is 0.853. The van der Waals surface area contributed by atoms with E-state index in [0.717, 1.165) is 12.0 Å². The lowest BCUT2D eigenvalue weighted by Gasteiger charge is -2.12. The molecule has 84 valence electrons. The van der Waals surface area contributed by atoms with Crippen molar-refractivity contribution in [1.82, 2.24) is 4.72 Å². The summed E-state index contributed by atoms with van der Waals surface area (Å²) < 4.78 is 24.6. The lowest BCUT2D eigenvalue weighted by molar-refractivity contribution is 0.573. The zero-order valence-electron chi connectivity index (χ0n) is 9.32. The van der Waals surface area contributed by atoms with Crippen molar-refractivity contribution in [1.29, 1.82) is 0 Å². The molecule has 0 aliphatic carbocycles. The zero-order valence-corrected chi connectivity index (χ0v) is 10.1. The Morgan fingerprint density at radius 1 is 1.27 bits per heavy atom. The van der Waals surface area contributed by atoms with Gasteiger partial charge in [-0.25, -0.2) is 13.1 Å². The fourth-order valence-corrected chi connectivity index (χ4v) is 2.21. The van der Waals surface area contributed by atoms with Crippen molar-refractivity contribution < 1.29 is 8.42 Å². The SMILES string of the molecule is CCc1ccc([C@H](C)NS(C)(=O)=O)cc1. The Labute approximate surface area is 91.6 Å². The van der Waals surface area contributed by atoms with Crippen molar-refractivity contribution >= 4 is 10.0 Å². The average Bonchev–Trinajstić information content (AvgIpc) is 2.15. The number of hydrogen-bond acceptors (Lipinski definition) is 2. The van der Waals surface area contributed by atoms with E-state index in [1.807, 2.05) is 31.2 Å². The van der Waals surface area contributed by atoms with Gasteiger partial charge in [-0.3, -0.25) is 0 Å². The second kappa shape index (κ2) is 4.77. The third-order valence-electron chi connectivity index (χ3n) is 2.28. The van der Waals surface area contributed by atoms with Crippen molar-refractivity contribution in [3.63, 3.8) is 0 Å². The number of benzene rings is 1. The summed E-state index contributed by atoms with van der Waals surface area (Å²) in [5.74, 6) is 0. The van der Waals surface area contributed by atoms with Gasteiger partial charge < -0.3 is 0 Å². The molecule has 0 radical (unpaired) electrons. The van der Waals surface area contributed by atoms with Crippen LogP contribution in [-0.4, -0.2) is 14.7 Å². The van der Waals surface area contributed by atoms with Crippen molar-refractivity contribution in [2.45, 2.75) is 26.3 Å². The zero-order chi connectivity index (χ0) is 11.5. The first-order valence-electron chi connectivity index (χ1n) is 4.98. The molecule has 0 aliphatic rings. The standard InChI is InChI=1S/C11H17NO2S/c1-4-10-5-7-11(8-6-10)9(2)12-15(3,13)14/h5-9,12H,4H2,1-3H3/t9-/m0/s1. The van der Waals surface area contributed by atoms with Gasteiger partial charge in [-0.15, -0.1) is 0 Å². The Balaban J connectivity index is 2.78. The van der Waals surface area contributed by atoms with Crippen molar-refractivity contribution in [3.05, 3.63) is 35.4 Å². The van der Waals surface area contributed by atoms with Crippen LogP contribution in [0.1, 0.15) is 31.0 Å². The van der Waals surface area contributed by atoms with Gasteiger partial charge in [-0.05, 0) is 24.5 Å². The van der Waals surface area contributed by atoms with Crippen LogP contribution in [0.4, 0.5) is 0 Å². The van der Waals surface area contributed by atoms with Crippen molar-refractivity contribution in [2.24, 2.45) is 0 Å². The minimum Gasteiger partial charge on any atom is -0.213 e. The lowest BCUT2D eigenvalue weighted by atomic mass is 10.1. The summed E-state index contributed by atoms with van der Waals surface area (Å²) in [4.78, 5) is 0. The number of sulfonamides is 1. The van der Waals surface area contributed by atoms with Crippen LogP contribution in [0.25, 0.3) is 0 Å². The monoisotopic (exact) mass is 227 g/mol. The van der Waals surface area contributed by atoms with E-state index in [1.165, 1.54) is 11.8 Å². The van der Waals surface area contributed by atoms with E-state index in [1.54, 1.807) is 0 Å². The molecule has 0 fully saturated rings. The van der Waals surface area contributed by atoms with Gasteiger partial charge >= 0.3 is 0 Å². The van der Waals surface area contributed by atoms with Gasteiger partial charge in [0.1, 0.15) is 0 Å². The van der Waals surface area contributed by atoms with Gasteiger partial charge in [0, 0.05) is 6.04 Å². The van der Waals surface area contributed by atoms with Crippen LogP contribution >= 0.6 is 0 Å². The Morgan fingerprint density at radius 3 is 2.20 bits per heavy atom. The molecule has 0 spiro atoms. The fraction of sp³-hybridized carbons (Fsp3) is 0.455. The highest BCUT2D eigenvalue weighted by Crippen LogP contribution is 2.14. The topological polar surface area (TPSA) is 46.2 Å². The predicted molar refractivity (Wildman–Crippen MR) is 62.2 cm³/mol. The molecule has 1 N–H and O–H groups in total. The summed E-state index contributed by atoms with van der Waals surface area (Å²) in [5.41, 5.74) is 2.24. The fourth-order valence-electron chi connectivity index (χ4n) is 1.43. The molecule has 0 aromatic heterocycles. The molecule has 3 nitrogen and oxygen atoms in total. The smallest absolute Gasteiger partial charge is 0.209 e. The third kappa shape index (κ3) is 4.01. The molecule has 0 amide bonds. The van der Waals surface area contributed by atoms with Gasteiger partial charge in [0.15, 0.2) is 0 Å². The Morgan fingerprint density at radius 2 is 1.80 bits per heavy atom. The maximum absolute atomic E-state index is 11.0. The maximum atomic E-state index is 11.0. The summed E-state index contributed by atoms with van der Waals surface area (Å²) in [6, 6.07) is 7.79. The van der Waals surface area contributed by atoms with Crippen LogP contribution in [0.3, 0.4) is 0 Å². The number of hydrogen-bond donors (Lipinski definition) is 1. The van der Waals surface area contributed by atoms with Gasteiger partial charge in [-0.2, -0.15) is 0 Å². The molecule has 0 heterocycles. The molecule has 0 saturated carbocycles. The van der Waals surface area contributed by atoms with E-state index in [4.69, 9.17) is 0 Å². The Bertz CT molecular complexity index is 409. The minimum atomic E-state index is -3.14. The average molecular weight is 227 g/mol. The van der Waals surface area contributed by atoms with Gasteiger partial charge in [0.25, 0.3) is 0 Å². The molecule has 1 aromatic carbocycles. The van der Waals surface area contributed by atoms with Gasteiger partial charge in [-0.1, -0.05) is 31.2 Å². The largest absolute Gasteiger partial charge is 0.213 e. The molecule has 0 unspecified atom stereocenters. The summed E-state index contributed by atoms with van der Waals surface area (Å²) in [7, 11) is -3.14. The highest BCUT2D eigenvalue weighted by Gasteiger charge is 2.10. The van der Waals surface area contributed by atoms with E-state index >= 15 is 0 Å². The second-order valence-electron chi connectivity index (χ2n) is 3.71. The minimum absolute atomic E-state index is 0.175. The van der Waals surface area contributed by atoms with Gasteiger partial charge in [0.05, 0.1) is 6.26 Å². The highest BCUT2D eigenvalue weighted by atomic mass is 32.2. The first-order valence-corrected chi connectivity index (χ1v) is 6.87. The van der Waals surface area contributed by atoms with E-state index in [2.05, 4.69) is 11.6 Å². The van der Waals surface area contributed by atoms with Crippen molar-refractivity contribution in [3.8, 4) is 0 Å². The van der Waals surface area contributed by atoms with Crippen LogP contribution < -0.4 is 4.72 Å². The first kappa shape index (κ1) is 12.2. The summed E-state index contributed by atoms with van der Waals surface area (Å²) in [5, 5.41) is 0. The predicted octanol–water partition coefficient (Wildman–Crippen LogP) is 1.86. The first-order chi connectivity index (χ1) is 6.92. The molecule has 15 heavy (non-hydrogen) atoms. The van der Waals surface area contributed by atoms with Crippen LogP contribution in [0.2, 0.25) is 0 Å². The summed E-state index contributed by atoms with van der Waals surface area (Å²) in [6.45, 7) is 3.93. The molecule has 1 rings (SSSR count). The summed E-state index contributed by atoms with van der Waals surface area (Å²) >= 11 is 0. The third-order valence-corrected chi connectivity index (χ3v) is 3.06. The lowest BCUT2D eigenvalue weighted by Crippen LogP contribution is -2.25. The molecular formula is C11H17NO2S. The molecule has 0 aliphatic heterocycles. The molecule has 0 bridgehead atoms. The number of aryl methyl sites for hydroxylation is 1. The normalized spacial score (nSPS) is 13.8. The molecule has 4 heteroatoms. The second-order valence-corrected chi connectivity index (χ2v) is 5.49. The highest BCUT2D eigenvalue weighted by molar-refractivity contribution is 7.88. The molecule has 1 atom stereocenters. The Hall–Kier alpha value is -0.870. The number of nitrogens with one attached hydrogen (secondary N) is 1.